The first-order valence-corrected chi connectivity index (χ1v) is 8.90. The number of halogens is 1. The number of piperidine rings is 1. The molecule has 2 saturated heterocycles. The molecule has 5 nitrogen and oxygen atoms in total. The van der Waals surface area contributed by atoms with Crippen molar-refractivity contribution in [2.45, 2.75) is 64.0 Å². The van der Waals surface area contributed by atoms with Gasteiger partial charge < -0.3 is 15.5 Å². The van der Waals surface area contributed by atoms with Crippen LogP contribution in [-0.2, 0) is 9.59 Å². The van der Waals surface area contributed by atoms with Crippen LogP contribution in [0.15, 0.2) is 0 Å². The highest BCUT2D eigenvalue weighted by Gasteiger charge is 2.40. The monoisotopic (exact) mass is 343 g/mol. The second-order valence-corrected chi connectivity index (χ2v) is 7.41. The van der Waals surface area contributed by atoms with E-state index in [4.69, 9.17) is 5.73 Å². The van der Waals surface area contributed by atoms with Crippen LogP contribution in [0.25, 0.3) is 0 Å². The molecule has 0 bridgehead atoms. The van der Waals surface area contributed by atoms with E-state index in [1.54, 1.807) is 0 Å². The summed E-state index contributed by atoms with van der Waals surface area (Å²) in [6.45, 7) is 4.31. The maximum absolute atomic E-state index is 12.7. The standard InChI is InChI=1S/C17H29N3O2.ClH/c1-12(18)13-6-8-19(9-7-13)17(22)14-10-16(21)20(11-14)15-4-2-3-5-15;/h12-15H,2-11,18H2,1H3;1H. The zero-order valence-electron chi connectivity index (χ0n) is 14.1. The molecule has 0 radical (unpaired) electrons. The summed E-state index contributed by atoms with van der Waals surface area (Å²) in [5, 5.41) is 0. The Bertz CT molecular complexity index is 430. The fraction of sp³-hybridized carbons (Fsp3) is 0.882. The second-order valence-electron chi connectivity index (χ2n) is 7.41. The maximum atomic E-state index is 12.7. The summed E-state index contributed by atoms with van der Waals surface area (Å²) in [4.78, 5) is 28.9. The van der Waals surface area contributed by atoms with Crippen molar-refractivity contribution in [3.63, 3.8) is 0 Å². The van der Waals surface area contributed by atoms with Crippen LogP contribution in [0.3, 0.4) is 0 Å². The van der Waals surface area contributed by atoms with Gasteiger partial charge in [-0.25, -0.2) is 0 Å². The van der Waals surface area contributed by atoms with Crippen LogP contribution in [0.1, 0.15) is 51.9 Å². The van der Waals surface area contributed by atoms with Crippen LogP contribution in [0.5, 0.6) is 0 Å². The van der Waals surface area contributed by atoms with Gasteiger partial charge in [-0.05, 0) is 38.5 Å². The summed E-state index contributed by atoms with van der Waals surface area (Å²) in [6.07, 6.45) is 7.09. The quantitative estimate of drug-likeness (QED) is 0.849. The first-order valence-electron chi connectivity index (χ1n) is 8.90. The lowest BCUT2D eigenvalue weighted by atomic mass is 9.90. The number of likely N-dealkylation sites (tertiary alicyclic amines) is 2. The lowest BCUT2D eigenvalue weighted by molar-refractivity contribution is -0.137. The van der Waals surface area contributed by atoms with Gasteiger partial charge in [-0.1, -0.05) is 12.8 Å². The molecule has 0 aromatic heterocycles. The molecule has 0 aromatic carbocycles. The van der Waals surface area contributed by atoms with Crippen molar-refractivity contribution in [1.29, 1.82) is 0 Å². The van der Waals surface area contributed by atoms with Crippen LogP contribution in [0.2, 0.25) is 0 Å². The van der Waals surface area contributed by atoms with Gasteiger partial charge in [-0.3, -0.25) is 9.59 Å². The van der Waals surface area contributed by atoms with Crippen LogP contribution in [0, 0.1) is 11.8 Å². The van der Waals surface area contributed by atoms with Gasteiger partial charge in [-0.2, -0.15) is 0 Å². The predicted molar refractivity (Wildman–Crippen MR) is 92.3 cm³/mol. The molecule has 132 valence electrons. The number of amides is 2. The van der Waals surface area contributed by atoms with Crippen molar-refractivity contribution in [3.8, 4) is 0 Å². The fourth-order valence-corrected chi connectivity index (χ4v) is 4.37. The summed E-state index contributed by atoms with van der Waals surface area (Å²) in [7, 11) is 0. The molecule has 1 saturated carbocycles. The first kappa shape index (κ1) is 18.5. The summed E-state index contributed by atoms with van der Waals surface area (Å²) >= 11 is 0. The van der Waals surface area contributed by atoms with Crippen molar-refractivity contribution in [3.05, 3.63) is 0 Å². The highest BCUT2D eigenvalue weighted by atomic mass is 35.5. The van der Waals surface area contributed by atoms with Gasteiger partial charge in [0.05, 0.1) is 5.92 Å². The Kier molecular flexibility index (Phi) is 6.32. The molecule has 6 heteroatoms. The van der Waals surface area contributed by atoms with Gasteiger partial charge in [0.2, 0.25) is 11.8 Å². The number of hydrogen-bond acceptors (Lipinski definition) is 3. The van der Waals surface area contributed by atoms with E-state index in [-0.39, 0.29) is 36.2 Å². The van der Waals surface area contributed by atoms with Crippen molar-refractivity contribution in [1.82, 2.24) is 9.80 Å². The third-order valence-corrected chi connectivity index (χ3v) is 5.87. The molecule has 0 spiro atoms. The van der Waals surface area contributed by atoms with E-state index in [0.717, 1.165) is 38.8 Å². The molecule has 0 aromatic rings. The molecule has 3 aliphatic rings. The van der Waals surface area contributed by atoms with E-state index in [0.29, 0.717) is 24.9 Å². The largest absolute Gasteiger partial charge is 0.342 e. The molecule has 2 aliphatic heterocycles. The lowest BCUT2D eigenvalue weighted by Crippen LogP contribution is -2.45. The van der Waals surface area contributed by atoms with Gasteiger partial charge in [0.1, 0.15) is 0 Å². The minimum Gasteiger partial charge on any atom is -0.342 e. The van der Waals surface area contributed by atoms with E-state index in [2.05, 4.69) is 6.92 Å². The molecule has 2 atom stereocenters. The van der Waals surface area contributed by atoms with Gasteiger partial charge in [0.25, 0.3) is 0 Å². The third-order valence-electron chi connectivity index (χ3n) is 5.87. The van der Waals surface area contributed by atoms with Crippen LogP contribution >= 0.6 is 12.4 Å². The molecule has 2 amide bonds. The van der Waals surface area contributed by atoms with Gasteiger partial charge >= 0.3 is 0 Å². The zero-order valence-corrected chi connectivity index (χ0v) is 14.9. The van der Waals surface area contributed by atoms with Crippen LogP contribution in [-0.4, -0.2) is 53.3 Å². The van der Waals surface area contributed by atoms with Crippen LogP contribution < -0.4 is 5.73 Å². The molecule has 3 rings (SSSR count). The predicted octanol–water partition coefficient (Wildman–Crippen LogP) is 1.79. The SMILES string of the molecule is CC(N)C1CCN(C(=O)C2CC(=O)N(C3CCCC3)C2)CC1.Cl. The Morgan fingerprint density at radius 2 is 1.78 bits per heavy atom. The highest BCUT2D eigenvalue weighted by Crippen LogP contribution is 2.31. The zero-order chi connectivity index (χ0) is 15.7. The summed E-state index contributed by atoms with van der Waals surface area (Å²) < 4.78 is 0. The van der Waals surface area contributed by atoms with Gasteiger partial charge in [0, 0.05) is 38.1 Å². The van der Waals surface area contributed by atoms with Gasteiger partial charge in [0.15, 0.2) is 0 Å². The lowest BCUT2D eigenvalue weighted by Gasteiger charge is -2.35. The smallest absolute Gasteiger partial charge is 0.227 e. The number of carbonyl (C=O) groups is 2. The van der Waals surface area contributed by atoms with E-state index >= 15 is 0 Å². The normalized spacial score (nSPS) is 28.1. The number of rotatable bonds is 3. The first-order chi connectivity index (χ1) is 10.6. The number of hydrogen-bond donors (Lipinski definition) is 1. The minimum absolute atomic E-state index is 0. The van der Waals surface area contributed by atoms with Crippen LogP contribution in [0.4, 0.5) is 0 Å². The van der Waals surface area contributed by atoms with Crippen molar-refractivity contribution in [2.24, 2.45) is 17.6 Å². The topological polar surface area (TPSA) is 66.6 Å². The Labute approximate surface area is 145 Å². The molecule has 3 fully saturated rings. The Balaban J connectivity index is 0.00000192. The van der Waals surface area contributed by atoms with E-state index < -0.39 is 0 Å². The summed E-state index contributed by atoms with van der Waals surface area (Å²) in [5.41, 5.74) is 5.96. The number of nitrogens with zero attached hydrogens (tertiary/aromatic N) is 2. The minimum atomic E-state index is -0.111. The molecule has 23 heavy (non-hydrogen) atoms. The fourth-order valence-electron chi connectivity index (χ4n) is 4.37. The van der Waals surface area contributed by atoms with Crippen molar-refractivity contribution >= 4 is 24.2 Å². The molecule has 2 heterocycles. The Morgan fingerprint density at radius 3 is 2.35 bits per heavy atom. The Morgan fingerprint density at radius 1 is 1.17 bits per heavy atom. The van der Waals surface area contributed by atoms with Crippen molar-refractivity contribution < 1.29 is 9.59 Å². The van der Waals surface area contributed by atoms with E-state index in [1.807, 2.05) is 9.80 Å². The second kappa shape index (κ2) is 7.84. The van der Waals surface area contributed by atoms with E-state index in [1.165, 1.54) is 12.8 Å². The molecule has 1 aliphatic carbocycles. The molecular weight excluding hydrogens is 314 g/mol. The number of carbonyl (C=O) groups excluding carboxylic acids is 2. The average Bonchev–Trinajstić information content (AvgIpc) is 3.15. The summed E-state index contributed by atoms with van der Waals surface area (Å²) in [5.74, 6) is 0.803. The molecule has 2 N–H and O–H groups in total. The van der Waals surface area contributed by atoms with E-state index in [9.17, 15) is 9.59 Å². The average molecular weight is 344 g/mol. The number of nitrogens with two attached hydrogens (primary N) is 1. The Hall–Kier alpha value is -0.810. The maximum Gasteiger partial charge on any atom is 0.227 e. The summed E-state index contributed by atoms with van der Waals surface area (Å²) in [6, 6.07) is 0.609. The van der Waals surface area contributed by atoms with Gasteiger partial charge in [-0.15, -0.1) is 12.4 Å². The van der Waals surface area contributed by atoms with Crippen molar-refractivity contribution in [2.75, 3.05) is 19.6 Å². The molecular formula is C17H30ClN3O2. The highest BCUT2D eigenvalue weighted by molar-refractivity contribution is 5.89. The third kappa shape index (κ3) is 4.00. The molecule has 2 unspecified atom stereocenters.